The second-order valence-corrected chi connectivity index (χ2v) is 4.85. The second kappa shape index (κ2) is 7.37. The van der Waals surface area contributed by atoms with E-state index in [0.717, 1.165) is 11.4 Å². The molecule has 0 radical (unpaired) electrons. The summed E-state index contributed by atoms with van der Waals surface area (Å²) in [6, 6.07) is 0. The molecule has 1 atom stereocenters. The van der Waals surface area contributed by atoms with E-state index in [2.05, 4.69) is 10.3 Å². The van der Waals surface area contributed by atoms with E-state index in [4.69, 9.17) is 10.8 Å². The molecule has 1 amide bonds. The number of thiazole rings is 1. The Bertz CT molecular complexity index is 352. The predicted molar refractivity (Wildman–Crippen MR) is 68.1 cm³/mol. The van der Waals surface area contributed by atoms with Crippen molar-refractivity contribution in [3.8, 4) is 0 Å². The van der Waals surface area contributed by atoms with Crippen molar-refractivity contribution in [2.75, 3.05) is 13.1 Å². The van der Waals surface area contributed by atoms with Gasteiger partial charge in [0.15, 0.2) is 0 Å². The summed E-state index contributed by atoms with van der Waals surface area (Å²) in [5.74, 6) is -0.157. The number of aromatic nitrogens is 1. The molecule has 1 aromatic rings. The van der Waals surface area contributed by atoms with E-state index in [1.807, 2.05) is 0 Å². The molecule has 6 heteroatoms. The van der Waals surface area contributed by atoms with Crippen LogP contribution in [0, 0.1) is 0 Å². The number of hydrogen-bond acceptors (Lipinski definition) is 5. The highest BCUT2D eigenvalue weighted by atomic mass is 32.1. The normalized spacial score (nSPS) is 12.4. The Morgan fingerprint density at radius 2 is 2.47 bits per heavy atom. The van der Waals surface area contributed by atoms with Gasteiger partial charge < -0.3 is 16.2 Å². The Morgan fingerprint density at radius 3 is 3.12 bits per heavy atom. The fourth-order valence-corrected chi connectivity index (χ4v) is 2.14. The zero-order chi connectivity index (χ0) is 12.7. The van der Waals surface area contributed by atoms with Crippen molar-refractivity contribution in [2.45, 2.75) is 32.3 Å². The van der Waals surface area contributed by atoms with Crippen LogP contribution in [-0.2, 0) is 6.42 Å². The minimum atomic E-state index is -0.317. The average molecular weight is 257 g/mol. The van der Waals surface area contributed by atoms with Gasteiger partial charge in [-0.05, 0) is 26.3 Å². The molecule has 0 fully saturated rings. The van der Waals surface area contributed by atoms with Crippen LogP contribution in [-0.4, -0.2) is 35.2 Å². The summed E-state index contributed by atoms with van der Waals surface area (Å²) in [5.41, 5.74) is 5.87. The third kappa shape index (κ3) is 5.25. The maximum absolute atomic E-state index is 11.6. The number of nitrogens with two attached hydrogens (primary N) is 1. The molecular weight excluding hydrogens is 238 g/mol. The fourth-order valence-electron chi connectivity index (χ4n) is 1.34. The number of aliphatic hydroxyl groups is 1. The van der Waals surface area contributed by atoms with Gasteiger partial charge >= 0.3 is 0 Å². The largest absolute Gasteiger partial charge is 0.393 e. The Kier molecular flexibility index (Phi) is 6.10. The Hall–Kier alpha value is -0.980. The zero-order valence-corrected chi connectivity index (χ0v) is 10.8. The SMILES string of the molecule is CC(O)CCCNC(=O)c1csc(CCN)n1. The molecule has 96 valence electrons. The third-order valence-electron chi connectivity index (χ3n) is 2.23. The summed E-state index contributed by atoms with van der Waals surface area (Å²) in [5, 5.41) is 14.5. The minimum absolute atomic E-state index is 0.157. The van der Waals surface area contributed by atoms with Crippen LogP contribution in [0.3, 0.4) is 0 Å². The van der Waals surface area contributed by atoms with Gasteiger partial charge in [0.1, 0.15) is 5.69 Å². The number of carbonyl (C=O) groups excluding carboxylic acids is 1. The van der Waals surface area contributed by atoms with E-state index in [1.165, 1.54) is 11.3 Å². The lowest BCUT2D eigenvalue weighted by Crippen LogP contribution is -2.25. The highest BCUT2D eigenvalue weighted by molar-refractivity contribution is 7.09. The number of nitrogens with zero attached hydrogens (tertiary/aromatic N) is 1. The summed E-state index contributed by atoms with van der Waals surface area (Å²) in [7, 11) is 0. The lowest BCUT2D eigenvalue weighted by atomic mass is 10.2. The maximum atomic E-state index is 11.6. The van der Waals surface area contributed by atoms with Gasteiger partial charge in [-0.15, -0.1) is 11.3 Å². The molecular formula is C11H19N3O2S. The molecule has 5 nitrogen and oxygen atoms in total. The van der Waals surface area contributed by atoms with Crippen molar-refractivity contribution >= 4 is 17.2 Å². The molecule has 1 unspecified atom stereocenters. The van der Waals surface area contributed by atoms with Crippen molar-refractivity contribution in [3.05, 3.63) is 16.1 Å². The van der Waals surface area contributed by atoms with E-state index in [1.54, 1.807) is 12.3 Å². The molecule has 0 aliphatic rings. The molecule has 0 saturated carbocycles. The average Bonchev–Trinajstić information content (AvgIpc) is 2.73. The Morgan fingerprint density at radius 1 is 1.71 bits per heavy atom. The monoisotopic (exact) mass is 257 g/mol. The van der Waals surface area contributed by atoms with Crippen LogP contribution in [0.25, 0.3) is 0 Å². The summed E-state index contributed by atoms with van der Waals surface area (Å²) < 4.78 is 0. The molecule has 0 spiro atoms. The van der Waals surface area contributed by atoms with Gasteiger partial charge in [-0.2, -0.15) is 0 Å². The van der Waals surface area contributed by atoms with Crippen LogP contribution in [0.1, 0.15) is 35.3 Å². The number of hydrogen-bond donors (Lipinski definition) is 3. The highest BCUT2D eigenvalue weighted by Crippen LogP contribution is 2.09. The predicted octanol–water partition coefficient (Wildman–Crippen LogP) is 0.535. The number of aliphatic hydroxyl groups excluding tert-OH is 1. The van der Waals surface area contributed by atoms with E-state index >= 15 is 0 Å². The van der Waals surface area contributed by atoms with Crippen LogP contribution in [0.5, 0.6) is 0 Å². The Balaban J connectivity index is 2.31. The van der Waals surface area contributed by atoms with Gasteiger partial charge in [0, 0.05) is 18.3 Å². The Labute approximate surface area is 105 Å². The van der Waals surface area contributed by atoms with Gasteiger partial charge in [-0.3, -0.25) is 4.79 Å². The molecule has 17 heavy (non-hydrogen) atoms. The van der Waals surface area contributed by atoms with Crippen LogP contribution >= 0.6 is 11.3 Å². The first kappa shape index (κ1) is 14.1. The first-order chi connectivity index (χ1) is 8.13. The summed E-state index contributed by atoms with van der Waals surface area (Å²) in [6.45, 7) is 2.85. The standard InChI is InChI=1S/C11H19N3O2S/c1-8(15)3-2-6-13-11(16)9-7-17-10(14-9)4-5-12/h7-8,15H,2-6,12H2,1H3,(H,13,16). The summed E-state index contributed by atoms with van der Waals surface area (Å²) >= 11 is 1.45. The van der Waals surface area contributed by atoms with Crippen LogP contribution in [0.4, 0.5) is 0 Å². The van der Waals surface area contributed by atoms with E-state index in [0.29, 0.717) is 31.6 Å². The lowest BCUT2D eigenvalue weighted by Gasteiger charge is -2.04. The molecule has 1 aromatic heterocycles. The van der Waals surface area contributed by atoms with E-state index in [9.17, 15) is 4.79 Å². The van der Waals surface area contributed by atoms with Gasteiger partial charge in [0.05, 0.1) is 11.1 Å². The van der Waals surface area contributed by atoms with Crippen molar-refractivity contribution in [1.82, 2.24) is 10.3 Å². The van der Waals surface area contributed by atoms with Crippen molar-refractivity contribution in [2.24, 2.45) is 5.73 Å². The van der Waals surface area contributed by atoms with Gasteiger partial charge in [-0.25, -0.2) is 4.98 Å². The van der Waals surface area contributed by atoms with Crippen LogP contribution < -0.4 is 11.1 Å². The van der Waals surface area contributed by atoms with E-state index < -0.39 is 0 Å². The topological polar surface area (TPSA) is 88.2 Å². The van der Waals surface area contributed by atoms with Crippen LogP contribution in [0.15, 0.2) is 5.38 Å². The zero-order valence-electron chi connectivity index (χ0n) is 9.98. The molecule has 0 aromatic carbocycles. The fraction of sp³-hybridized carbons (Fsp3) is 0.636. The second-order valence-electron chi connectivity index (χ2n) is 3.91. The first-order valence-electron chi connectivity index (χ1n) is 5.74. The van der Waals surface area contributed by atoms with Crippen molar-refractivity contribution in [1.29, 1.82) is 0 Å². The van der Waals surface area contributed by atoms with Crippen LogP contribution in [0.2, 0.25) is 0 Å². The molecule has 4 N–H and O–H groups in total. The van der Waals surface area contributed by atoms with Gasteiger partial charge in [-0.1, -0.05) is 0 Å². The molecule has 1 heterocycles. The van der Waals surface area contributed by atoms with Crippen molar-refractivity contribution in [3.63, 3.8) is 0 Å². The quantitative estimate of drug-likeness (QED) is 0.622. The first-order valence-corrected chi connectivity index (χ1v) is 6.62. The highest BCUT2D eigenvalue weighted by Gasteiger charge is 2.09. The van der Waals surface area contributed by atoms with Gasteiger partial charge in [0.2, 0.25) is 0 Å². The third-order valence-corrected chi connectivity index (χ3v) is 3.14. The van der Waals surface area contributed by atoms with Gasteiger partial charge in [0.25, 0.3) is 5.91 Å². The summed E-state index contributed by atoms with van der Waals surface area (Å²) in [6.07, 6.45) is 1.85. The molecule has 0 aliphatic carbocycles. The number of carbonyl (C=O) groups is 1. The smallest absolute Gasteiger partial charge is 0.270 e. The molecule has 0 saturated heterocycles. The molecule has 0 bridgehead atoms. The van der Waals surface area contributed by atoms with E-state index in [-0.39, 0.29) is 12.0 Å². The molecule has 0 aliphatic heterocycles. The summed E-state index contributed by atoms with van der Waals surface area (Å²) in [4.78, 5) is 15.8. The number of rotatable bonds is 7. The molecule has 1 rings (SSSR count). The lowest BCUT2D eigenvalue weighted by molar-refractivity contribution is 0.0945. The van der Waals surface area contributed by atoms with Crippen molar-refractivity contribution < 1.29 is 9.90 Å². The number of nitrogens with one attached hydrogen (secondary N) is 1. The maximum Gasteiger partial charge on any atom is 0.270 e. The number of amides is 1. The minimum Gasteiger partial charge on any atom is -0.393 e.